The van der Waals surface area contributed by atoms with Crippen molar-refractivity contribution in [3.05, 3.63) is 134 Å². The number of hydrogen-bond acceptors (Lipinski definition) is 7. The average molecular weight is 1160 g/mol. The third kappa shape index (κ3) is 65.3. The molecule has 0 saturated carbocycles. The van der Waals surface area contributed by atoms with E-state index in [1.54, 1.807) is 0 Å². The van der Waals surface area contributed by atoms with Crippen LogP contribution in [0.4, 0.5) is 0 Å². The average Bonchev–Trinajstić information content (AvgIpc) is 3.46. The molecule has 0 aliphatic carbocycles. The Morgan fingerprint density at radius 3 is 1.07 bits per heavy atom. The highest BCUT2D eigenvalue weighted by molar-refractivity contribution is 7.47. The SMILES string of the molecule is CC/C=C\C/C=C\C/C=C\C/C=C\C/C=C\C/C=C\C/C=C\C/C=C\C/C=C\C/C=C\CCCCC(=O)OC(COC(=O)CCCCCCCCCCCCCCC/C=C\CCCCCCCCCC)COP(=O)(O)OCC[N+](C)(C)C. The number of nitrogens with zero attached hydrogens (tertiary/aromatic N) is 1. The summed E-state index contributed by atoms with van der Waals surface area (Å²) in [4.78, 5) is 35.8. The van der Waals surface area contributed by atoms with Crippen molar-refractivity contribution in [3.63, 3.8) is 0 Å². The molecular formula is C72H123NO8P+. The molecule has 0 rings (SSSR count). The van der Waals surface area contributed by atoms with Crippen LogP contribution < -0.4 is 0 Å². The molecule has 0 aromatic carbocycles. The number of carbonyl (C=O) groups is 2. The standard InChI is InChI=1S/C72H122NO8P/c1-6-8-10-12-14-16-18-20-22-24-26-28-30-32-33-34-35-36-37-38-39-41-43-45-47-49-51-53-55-57-59-61-63-65-72(75)81-70(69-80-82(76,77)79-67-66-73(3,4)5)68-78-71(74)64-62-60-58-56-54-52-50-48-46-44-42-40-31-29-27-25-23-21-19-17-15-13-11-9-7-2/h8,10,14,16,20,22,25-28,32-33,35-36,38-39,43,45,49,51,55,57,70H,6-7,9,11-13,15,17-19,21,23-24,29-31,34,37,40-42,44,46-48,50,52-54,56,58-69H2,1-5H3/p+1/b10-8-,16-14-,22-20-,27-25-,28-26-,33-32-,36-35-,39-38-,45-43-,51-49-,57-55-. The highest BCUT2D eigenvalue weighted by Crippen LogP contribution is 2.43. The number of hydrogen-bond donors (Lipinski definition) is 1. The molecule has 0 aromatic rings. The maximum absolute atomic E-state index is 12.8. The van der Waals surface area contributed by atoms with Gasteiger partial charge in [0, 0.05) is 12.8 Å². The van der Waals surface area contributed by atoms with Crippen LogP contribution in [0.5, 0.6) is 0 Å². The molecule has 0 fully saturated rings. The maximum atomic E-state index is 12.8. The third-order valence-electron chi connectivity index (χ3n) is 13.7. The van der Waals surface area contributed by atoms with E-state index in [9.17, 15) is 19.0 Å². The molecule has 2 atom stereocenters. The van der Waals surface area contributed by atoms with Crippen molar-refractivity contribution in [3.8, 4) is 0 Å². The second kappa shape index (κ2) is 61.7. The highest BCUT2D eigenvalue weighted by Gasteiger charge is 2.27. The first kappa shape index (κ1) is 78.1. The van der Waals surface area contributed by atoms with Crippen LogP contribution in [0.15, 0.2) is 134 Å². The molecule has 0 heterocycles. The molecule has 0 radical (unpaired) electrons. The molecule has 9 nitrogen and oxygen atoms in total. The zero-order valence-electron chi connectivity index (χ0n) is 53.2. The lowest BCUT2D eigenvalue weighted by Crippen LogP contribution is -2.37. The smallest absolute Gasteiger partial charge is 0.462 e. The van der Waals surface area contributed by atoms with Crippen LogP contribution in [0.1, 0.15) is 258 Å². The Labute approximate surface area is 504 Å². The van der Waals surface area contributed by atoms with Crippen LogP contribution in [-0.4, -0.2) is 74.9 Å². The van der Waals surface area contributed by atoms with Gasteiger partial charge in [0.05, 0.1) is 27.7 Å². The number of phosphoric acid groups is 1. The second-order valence-corrected chi connectivity index (χ2v) is 24.2. The van der Waals surface area contributed by atoms with Crippen molar-refractivity contribution in [2.24, 2.45) is 0 Å². The van der Waals surface area contributed by atoms with E-state index in [1.165, 1.54) is 128 Å². The molecule has 0 spiro atoms. The van der Waals surface area contributed by atoms with Crippen molar-refractivity contribution in [1.82, 2.24) is 0 Å². The van der Waals surface area contributed by atoms with E-state index < -0.39 is 26.5 Å². The number of rotatable bonds is 59. The van der Waals surface area contributed by atoms with E-state index in [0.29, 0.717) is 17.4 Å². The summed E-state index contributed by atoms with van der Waals surface area (Å²) in [5.41, 5.74) is 0. The van der Waals surface area contributed by atoms with Crippen LogP contribution in [0.25, 0.3) is 0 Å². The van der Waals surface area contributed by atoms with E-state index in [4.69, 9.17) is 18.5 Å². The predicted molar refractivity (Wildman–Crippen MR) is 353 cm³/mol. The minimum absolute atomic E-state index is 0.0165. The molecule has 82 heavy (non-hydrogen) atoms. The van der Waals surface area contributed by atoms with Crippen molar-refractivity contribution in [2.45, 2.75) is 264 Å². The van der Waals surface area contributed by atoms with Gasteiger partial charge in [-0.15, -0.1) is 0 Å². The lowest BCUT2D eigenvalue weighted by Gasteiger charge is -2.24. The largest absolute Gasteiger partial charge is 0.472 e. The van der Waals surface area contributed by atoms with Gasteiger partial charge in [0.1, 0.15) is 19.8 Å². The van der Waals surface area contributed by atoms with Crippen molar-refractivity contribution in [2.75, 3.05) is 47.5 Å². The number of allylic oxidation sites excluding steroid dienone is 22. The molecule has 2 unspecified atom stereocenters. The van der Waals surface area contributed by atoms with Gasteiger partial charge in [-0.1, -0.05) is 263 Å². The molecule has 468 valence electrons. The lowest BCUT2D eigenvalue weighted by molar-refractivity contribution is -0.870. The van der Waals surface area contributed by atoms with E-state index in [0.717, 1.165) is 96.3 Å². The van der Waals surface area contributed by atoms with Gasteiger partial charge in [-0.25, -0.2) is 4.57 Å². The highest BCUT2D eigenvalue weighted by atomic mass is 31.2. The number of likely N-dealkylation sites (N-methyl/N-ethyl adjacent to an activating group) is 1. The Morgan fingerprint density at radius 2 is 0.695 bits per heavy atom. The van der Waals surface area contributed by atoms with E-state index in [1.807, 2.05) is 21.1 Å². The molecule has 0 aliphatic heterocycles. The predicted octanol–water partition coefficient (Wildman–Crippen LogP) is 21.3. The van der Waals surface area contributed by atoms with Crippen LogP contribution in [0.3, 0.4) is 0 Å². The number of ether oxygens (including phenoxy) is 2. The van der Waals surface area contributed by atoms with Gasteiger partial charge in [-0.3, -0.25) is 18.6 Å². The summed E-state index contributed by atoms with van der Waals surface area (Å²) in [5.74, 6) is -0.852. The molecule has 10 heteroatoms. The van der Waals surface area contributed by atoms with Gasteiger partial charge in [0.2, 0.25) is 0 Å². The Bertz CT molecular complexity index is 1850. The van der Waals surface area contributed by atoms with Gasteiger partial charge < -0.3 is 18.9 Å². The number of unbranched alkanes of at least 4 members (excludes halogenated alkanes) is 23. The molecule has 1 N–H and O–H groups in total. The first-order chi connectivity index (χ1) is 40.0. The normalized spacial score (nSPS) is 14.1. The molecule has 0 aliphatic rings. The molecule has 0 bridgehead atoms. The zero-order valence-corrected chi connectivity index (χ0v) is 54.1. The second-order valence-electron chi connectivity index (χ2n) is 22.8. The van der Waals surface area contributed by atoms with Gasteiger partial charge in [-0.05, 0) is 116 Å². The third-order valence-corrected chi connectivity index (χ3v) is 14.6. The first-order valence-electron chi connectivity index (χ1n) is 32.9. The summed E-state index contributed by atoms with van der Waals surface area (Å²) < 4.78 is 34.6. The Balaban J connectivity index is 4.23. The summed E-state index contributed by atoms with van der Waals surface area (Å²) in [5, 5.41) is 0. The summed E-state index contributed by atoms with van der Waals surface area (Å²) in [7, 11) is 1.43. The lowest BCUT2D eigenvalue weighted by atomic mass is 10.0. The number of phosphoric ester groups is 1. The van der Waals surface area contributed by atoms with Gasteiger partial charge in [0.25, 0.3) is 0 Å². The number of carbonyl (C=O) groups excluding carboxylic acids is 2. The fourth-order valence-corrected chi connectivity index (χ4v) is 9.37. The Morgan fingerprint density at radius 1 is 0.390 bits per heavy atom. The van der Waals surface area contributed by atoms with Crippen molar-refractivity contribution < 1.29 is 42.1 Å². The molecule has 0 aromatic heterocycles. The quantitative estimate of drug-likeness (QED) is 0.0211. The fourth-order valence-electron chi connectivity index (χ4n) is 8.63. The first-order valence-corrected chi connectivity index (χ1v) is 34.4. The zero-order chi connectivity index (χ0) is 59.8. The minimum Gasteiger partial charge on any atom is -0.462 e. The van der Waals surface area contributed by atoms with Gasteiger partial charge in [-0.2, -0.15) is 0 Å². The monoisotopic (exact) mass is 1160 g/mol. The Kier molecular flexibility index (Phi) is 58.8. The van der Waals surface area contributed by atoms with Crippen molar-refractivity contribution in [1.29, 1.82) is 0 Å². The topological polar surface area (TPSA) is 108 Å². The summed E-state index contributed by atoms with van der Waals surface area (Å²) >= 11 is 0. The molecular weight excluding hydrogens is 1040 g/mol. The summed E-state index contributed by atoms with van der Waals surface area (Å²) in [6, 6.07) is 0. The van der Waals surface area contributed by atoms with E-state index in [-0.39, 0.29) is 32.0 Å². The summed E-state index contributed by atoms with van der Waals surface area (Å²) in [6.07, 6.45) is 89.7. The number of quaternary nitrogens is 1. The van der Waals surface area contributed by atoms with Gasteiger partial charge >= 0.3 is 19.8 Å². The Hall–Kier alpha value is -3.85. The minimum atomic E-state index is -4.41. The fraction of sp³-hybridized carbons (Fsp3) is 0.667. The summed E-state index contributed by atoms with van der Waals surface area (Å²) in [6.45, 7) is 4.27. The van der Waals surface area contributed by atoms with Gasteiger partial charge in [0.15, 0.2) is 6.10 Å². The van der Waals surface area contributed by atoms with Crippen LogP contribution in [0, 0.1) is 0 Å². The van der Waals surface area contributed by atoms with Crippen LogP contribution >= 0.6 is 7.82 Å². The number of esters is 2. The van der Waals surface area contributed by atoms with Crippen LogP contribution in [-0.2, 0) is 32.7 Å². The molecule has 0 amide bonds. The van der Waals surface area contributed by atoms with Crippen LogP contribution in [0.2, 0.25) is 0 Å². The van der Waals surface area contributed by atoms with E-state index >= 15 is 0 Å². The molecule has 0 saturated heterocycles. The van der Waals surface area contributed by atoms with Crippen molar-refractivity contribution >= 4 is 19.8 Å². The van der Waals surface area contributed by atoms with E-state index in [2.05, 4.69) is 148 Å². The maximum Gasteiger partial charge on any atom is 0.472 e.